The first-order chi connectivity index (χ1) is 6.61. The van der Waals surface area contributed by atoms with Crippen LogP contribution in [0.1, 0.15) is 42.7 Å². The van der Waals surface area contributed by atoms with E-state index < -0.39 is 0 Å². The van der Waals surface area contributed by atoms with Gasteiger partial charge in [0.1, 0.15) is 0 Å². The van der Waals surface area contributed by atoms with Crippen molar-refractivity contribution in [1.29, 1.82) is 0 Å². The molecule has 1 heterocycles. The molecule has 0 bridgehead atoms. The van der Waals surface area contributed by atoms with Crippen molar-refractivity contribution in [1.82, 2.24) is 0 Å². The number of hydrogen-bond donors (Lipinski definition) is 1. The first kappa shape index (κ1) is 11.6. The topological polar surface area (TPSA) is 0 Å². The Bertz CT molecular complexity index is 357. The second-order valence-corrected chi connectivity index (χ2v) is 5.26. The van der Waals surface area contributed by atoms with Crippen molar-refractivity contribution in [3.8, 4) is 0 Å². The molecule has 0 radical (unpaired) electrons. The van der Waals surface area contributed by atoms with Crippen LogP contribution in [0.2, 0.25) is 0 Å². The Morgan fingerprint density at radius 1 is 1.36 bits per heavy atom. The van der Waals surface area contributed by atoms with Crippen LogP contribution in [0.5, 0.6) is 0 Å². The second-order valence-electron chi connectivity index (χ2n) is 3.46. The van der Waals surface area contributed by atoms with E-state index in [4.69, 9.17) is 0 Å². The molecule has 0 spiro atoms. The van der Waals surface area contributed by atoms with Crippen LogP contribution in [0.3, 0.4) is 0 Å². The van der Waals surface area contributed by atoms with Gasteiger partial charge in [-0.3, -0.25) is 0 Å². The normalized spacial score (nSPS) is 11.5. The molecular formula is C12H16S2. The Morgan fingerprint density at radius 3 is 2.43 bits per heavy atom. The summed E-state index contributed by atoms with van der Waals surface area (Å²) >= 11 is 6.25. The molecule has 0 aromatic carbocycles. The average molecular weight is 224 g/mol. The van der Waals surface area contributed by atoms with Crippen LogP contribution in [0.4, 0.5) is 0 Å². The predicted octanol–water partition coefficient (Wildman–Crippen LogP) is 4.84. The summed E-state index contributed by atoms with van der Waals surface area (Å²) in [7, 11) is 0. The number of hydrogen-bond acceptors (Lipinski definition) is 2. The van der Waals surface area contributed by atoms with Crippen LogP contribution in [0, 0.1) is 0 Å². The molecule has 0 aliphatic rings. The van der Waals surface area contributed by atoms with Gasteiger partial charge in [-0.25, -0.2) is 0 Å². The standard InChI is InChI=1S/C12H16S2/c1-5-7-10-9(6-2)11(8(3)4)14-12(10)13/h5-8,13H,2H2,1,3-4H3/b7-5-. The minimum atomic E-state index is 0.540. The summed E-state index contributed by atoms with van der Waals surface area (Å²) in [5, 5.41) is 0. The smallest absolute Gasteiger partial charge is 0.0649 e. The van der Waals surface area contributed by atoms with Gasteiger partial charge in [-0.15, -0.1) is 24.0 Å². The van der Waals surface area contributed by atoms with Gasteiger partial charge in [-0.05, 0) is 18.4 Å². The quantitative estimate of drug-likeness (QED) is 0.698. The largest absolute Gasteiger partial charge is 0.133 e. The molecule has 76 valence electrons. The lowest BCUT2D eigenvalue weighted by Gasteiger charge is -2.03. The van der Waals surface area contributed by atoms with E-state index in [-0.39, 0.29) is 0 Å². The Labute approximate surface area is 95.8 Å². The third-order valence-corrected chi connectivity index (χ3v) is 3.89. The van der Waals surface area contributed by atoms with Crippen molar-refractivity contribution in [3.05, 3.63) is 28.7 Å². The molecule has 0 saturated carbocycles. The summed E-state index contributed by atoms with van der Waals surface area (Å²) in [4.78, 5) is 1.37. The molecule has 1 aromatic heterocycles. The van der Waals surface area contributed by atoms with Crippen LogP contribution < -0.4 is 0 Å². The summed E-state index contributed by atoms with van der Waals surface area (Å²) < 4.78 is 1.08. The van der Waals surface area contributed by atoms with Gasteiger partial charge in [0.2, 0.25) is 0 Å². The molecule has 2 heteroatoms. The molecule has 0 atom stereocenters. The molecule has 0 amide bonds. The molecule has 14 heavy (non-hydrogen) atoms. The molecule has 0 nitrogen and oxygen atoms in total. The fourth-order valence-electron chi connectivity index (χ4n) is 1.43. The number of rotatable bonds is 3. The van der Waals surface area contributed by atoms with Gasteiger partial charge >= 0.3 is 0 Å². The monoisotopic (exact) mass is 224 g/mol. The third-order valence-electron chi connectivity index (χ3n) is 2.05. The van der Waals surface area contributed by atoms with E-state index in [2.05, 4.69) is 39.1 Å². The maximum Gasteiger partial charge on any atom is 0.0649 e. The van der Waals surface area contributed by atoms with Gasteiger partial charge in [-0.2, -0.15) is 0 Å². The van der Waals surface area contributed by atoms with Gasteiger partial charge in [0.25, 0.3) is 0 Å². The Balaban J connectivity index is 3.35. The van der Waals surface area contributed by atoms with E-state index in [0.717, 1.165) is 4.21 Å². The SMILES string of the molecule is C=Cc1c(C(C)C)sc(S)c1/C=C\C. The van der Waals surface area contributed by atoms with E-state index in [1.807, 2.05) is 19.1 Å². The maximum absolute atomic E-state index is 4.49. The molecule has 1 aromatic rings. The second kappa shape index (κ2) is 4.85. The lowest BCUT2D eigenvalue weighted by molar-refractivity contribution is 0.887. The van der Waals surface area contributed by atoms with Crippen molar-refractivity contribution in [2.24, 2.45) is 0 Å². The lowest BCUT2D eigenvalue weighted by atomic mass is 10.0. The number of thiophene rings is 1. The number of allylic oxidation sites excluding steroid dienone is 1. The highest BCUT2D eigenvalue weighted by Gasteiger charge is 2.13. The molecule has 0 unspecified atom stereocenters. The van der Waals surface area contributed by atoms with Gasteiger partial charge < -0.3 is 0 Å². The minimum absolute atomic E-state index is 0.540. The molecule has 1 rings (SSSR count). The molecule has 0 N–H and O–H groups in total. The highest BCUT2D eigenvalue weighted by molar-refractivity contribution is 7.83. The summed E-state index contributed by atoms with van der Waals surface area (Å²) in [6.07, 6.45) is 6.07. The molecule has 0 saturated heterocycles. The summed E-state index contributed by atoms with van der Waals surface area (Å²) in [5.41, 5.74) is 2.45. The van der Waals surface area contributed by atoms with Crippen LogP contribution in [-0.4, -0.2) is 0 Å². The zero-order chi connectivity index (χ0) is 10.7. The van der Waals surface area contributed by atoms with Crippen molar-refractivity contribution in [2.75, 3.05) is 0 Å². The molecule has 0 aliphatic carbocycles. The van der Waals surface area contributed by atoms with Gasteiger partial charge in [0, 0.05) is 10.4 Å². The zero-order valence-corrected chi connectivity index (χ0v) is 10.6. The van der Waals surface area contributed by atoms with Gasteiger partial charge in [-0.1, -0.05) is 38.7 Å². The summed E-state index contributed by atoms with van der Waals surface area (Å²) in [6, 6.07) is 0. The van der Waals surface area contributed by atoms with Gasteiger partial charge in [0.15, 0.2) is 0 Å². The number of thiol groups is 1. The van der Waals surface area contributed by atoms with Crippen molar-refractivity contribution in [3.63, 3.8) is 0 Å². The van der Waals surface area contributed by atoms with Crippen molar-refractivity contribution < 1.29 is 0 Å². The van der Waals surface area contributed by atoms with Gasteiger partial charge in [0.05, 0.1) is 4.21 Å². The maximum atomic E-state index is 4.49. The van der Waals surface area contributed by atoms with E-state index in [9.17, 15) is 0 Å². The highest BCUT2D eigenvalue weighted by atomic mass is 32.2. The molecule has 0 aliphatic heterocycles. The van der Waals surface area contributed by atoms with E-state index in [1.54, 1.807) is 11.3 Å². The van der Waals surface area contributed by atoms with Crippen LogP contribution >= 0.6 is 24.0 Å². The zero-order valence-electron chi connectivity index (χ0n) is 8.87. The van der Waals surface area contributed by atoms with Crippen LogP contribution in [0.15, 0.2) is 16.9 Å². The lowest BCUT2D eigenvalue weighted by Crippen LogP contribution is -1.85. The first-order valence-electron chi connectivity index (χ1n) is 4.72. The Morgan fingerprint density at radius 2 is 2.00 bits per heavy atom. The predicted molar refractivity (Wildman–Crippen MR) is 70.5 cm³/mol. The third kappa shape index (κ3) is 2.12. The van der Waals surface area contributed by atoms with E-state index in [1.165, 1.54) is 16.0 Å². The fraction of sp³-hybridized carbons (Fsp3) is 0.333. The van der Waals surface area contributed by atoms with Crippen LogP contribution in [0.25, 0.3) is 12.2 Å². The van der Waals surface area contributed by atoms with Crippen molar-refractivity contribution in [2.45, 2.75) is 30.9 Å². The Kier molecular flexibility index (Phi) is 4.02. The first-order valence-corrected chi connectivity index (χ1v) is 5.99. The molecular weight excluding hydrogens is 208 g/mol. The fourth-order valence-corrected chi connectivity index (χ4v) is 2.95. The summed E-state index contributed by atoms with van der Waals surface area (Å²) in [5.74, 6) is 0.540. The average Bonchev–Trinajstić information content (AvgIpc) is 2.44. The summed E-state index contributed by atoms with van der Waals surface area (Å²) in [6.45, 7) is 10.3. The van der Waals surface area contributed by atoms with E-state index in [0.29, 0.717) is 5.92 Å². The minimum Gasteiger partial charge on any atom is -0.133 e. The van der Waals surface area contributed by atoms with Crippen LogP contribution in [-0.2, 0) is 0 Å². The van der Waals surface area contributed by atoms with E-state index >= 15 is 0 Å². The Hall–Kier alpha value is -0.470. The van der Waals surface area contributed by atoms with Crippen molar-refractivity contribution >= 4 is 36.1 Å². The highest BCUT2D eigenvalue weighted by Crippen LogP contribution is 2.37. The molecule has 0 fully saturated rings.